The summed E-state index contributed by atoms with van der Waals surface area (Å²) in [6.07, 6.45) is 0. The van der Waals surface area contributed by atoms with E-state index in [0.29, 0.717) is 29.6 Å². The number of nitrogens with one attached hydrogen (secondary N) is 1. The number of anilines is 1. The molecule has 31 heavy (non-hydrogen) atoms. The fourth-order valence-electron chi connectivity index (χ4n) is 3.03. The van der Waals surface area contributed by atoms with Crippen LogP contribution in [0.5, 0.6) is 5.75 Å². The Balaban J connectivity index is 1.67. The minimum Gasteiger partial charge on any atom is -0.497 e. The van der Waals surface area contributed by atoms with Crippen molar-refractivity contribution in [1.82, 2.24) is 14.8 Å². The van der Waals surface area contributed by atoms with Gasteiger partial charge in [-0.15, -0.1) is 5.10 Å². The summed E-state index contributed by atoms with van der Waals surface area (Å²) < 4.78 is 19.6. The van der Waals surface area contributed by atoms with Gasteiger partial charge in [-0.3, -0.25) is 4.79 Å². The second kappa shape index (κ2) is 8.79. The van der Waals surface area contributed by atoms with Crippen molar-refractivity contribution in [3.8, 4) is 17.1 Å². The maximum absolute atomic E-state index is 13.2. The van der Waals surface area contributed by atoms with Crippen LogP contribution in [-0.4, -0.2) is 27.8 Å². The Labute approximate surface area is 179 Å². The van der Waals surface area contributed by atoms with Crippen LogP contribution in [0.4, 0.5) is 10.3 Å². The largest absolute Gasteiger partial charge is 0.497 e. The SMILES string of the molecule is COc1ccc(-c2nc(NCc3ccc(F)cc3)n(C(=O)c3ccc(C)cc3)n2)cc1. The molecule has 0 aliphatic carbocycles. The number of nitrogens with zero attached hydrogens (tertiary/aromatic N) is 3. The first-order chi connectivity index (χ1) is 15.0. The molecule has 0 radical (unpaired) electrons. The highest BCUT2D eigenvalue weighted by Gasteiger charge is 2.19. The molecule has 0 spiro atoms. The molecule has 0 amide bonds. The molecule has 7 heteroatoms. The first-order valence-corrected chi connectivity index (χ1v) is 9.74. The van der Waals surface area contributed by atoms with Crippen molar-refractivity contribution in [1.29, 1.82) is 0 Å². The lowest BCUT2D eigenvalue weighted by Gasteiger charge is -2.07. The summed E-state index contributed by atoms with van der Waals surface area (Å²) in [6, 6.07) is 20.7. The molecule has 0 atom stereocenters. The molecule has 1 N–H and O–H groups in total. The predicted octanol–water partition coefficient (Wildman–Crippen LogP) is 4.70. The lowest BCUT2D eigenvalue weighted by Crippen LogP contribution is -2.17. The van der Waals surface area contributed by atoms with E-state index in [0.717, 1.165) is 16.7 Å². The highest BCUT2D eigenvalue weighted by Crippen LogP contribution is 2.22. The number of ether oxygens (including phenoxy) is 1. The van der Waals surface area contributed by atoms with Gasteiger partial charge in [0.15, 0.2) is 5.82 Å². The molecular weight excluding hydrogens is 395 g/mol. The van der Waals surface area contributed by atoms with E-state index < -0.39 is 0 Å². The van der Waals surface area contributed by atoms with Crippen LogP contribution in [0.15, 0.2) is 72.8 Å². The predicted molar refractivity (Wildman–Crippen MR) is 117 cm³/mol. The average molecular weight is 416 g/mol. The summed E-state index contributed by atoms with van der Waals surface area (Å²) in [5, 5.41) is 7.60. The third kappa shape index (κ3) is 4.61. The summed E-state index contributed by atoms with van der Waals surface area (Å²) in [5.74, 6) is 0.830. The summed E-state index contributed by atoms with van der Waals surface area (Å²) in [7, 11) is 1.60. The fraction of sp³-hybridized carbons (Fsp3) is 0.125. The molecule has 1 heterocycles. The molecular formula is C24H21FN4O2. The quantitative estimate of drug-likeness (QED) is 0.493. The zero-order valence-corrected chi connectivity index (χ0v) is 17.2. The van der Waals surface area contributed by atoms with Gasteiger partial charge in [0.25, 0.3) is 5.91 Å². The molecule has 0 saturated carbocycles. The van der Waals surface area contributed by atoms with Crippen LogP contribution in [0, 0.1) is 12.7 Å². The third-order valence-corrected chi connectivity index (χ3v) is 4.81. The molecule has 0 saturated heterocycles. The Kier molecular flexibility index (Phi) is 5.75. The number of halogens is 1. The van der Waals surface area contributed by atoms with Crippen LogP contribution < -0.4 is 10.1 Å². The van der Waals surface area contributed by atoms with Gasteiger partial charge in [0.1, 0.15) is 11.6 Å². The zero-order valence-electron chi connectivity index (χ0n) is 17.2. The highest BCUT2D eigenvalue weighted by molar-refractivity contribution is 5.97. The van der Waals surface area contributed by atoms with Crippen molar-refractivity contribution in [3.05, 3.63) is 95.3 Å². The van der Waals surface area contributed by atoms with Gasteiger partial charge in [-0.05, 0) is 61.0 Å². The van der Waals surface area contributed by atoms with E-state index in [-0.39, 0.29) is 11.7 Å². The van der Waals surface area contributed by atoms with Gasteiger partial charge >= 0.3 is 0 Å². The van der Waals surface area contributed by atoms with E-state index in [2.05, 4.69) is 15.4 Å². The van der Waals surface area contributed by atoms with Crippen molar-refractivity contribution in [2.75, 3.05) is 12.4 Å². The molecule has 156 valence electrons. The van der Waals surface area contributed by atoms with Crippen molar-refractivity contribution >= 4 is 11.9 Å². The topological polar surface area (TPSA) is 69.0 Å². The van der Waals surface area contributed by atoms with Crippen molar-refractivity contribution in [2.24, 2.45) is 0 Å². The number of hydrogen-bond donors (Lipinski definition) is 1. The first kappa shape index (κ1) is 20.3. The molecule has 3 aromatic carbocycles. The van der Waals surface area contributed by atoms with Gasteiger partial charge in [0, 0.05) is 17.7 Å². The van der Waals surface area contributed by atoms with Crippen molar-refractivity contribution in [3.63, 3.8) is 0 Å². The molecule has 4 rings (SSSR count). The molecule has 6 nitrogen and oxygen atoms in total. The smallest absolute Gasteiger partial charge is 0.281 e. The molecule has 0 bridgehead atoms. The number of aryl methyl sites for hydroxylation is 1. The van der Waals surface area contributed by atoms with Crippen molar-refractivity contribution < 1.29 is 13.9 Å². The summed E-state index contributed by atoms with van der Waals surface area (Å²) in [5.41, 5.74) is 3.16. The number of carbonyl (C=O) groups excluding carboxylic acids is 1. The van der Waals surface area contributed by atoms with Crippen LogP contribution in [0.2, 0.25) is 0 Å². The molecule has 0 fully saturated rings. The van der Waals surface area contributed by atoms with E-state index in [4.69, 9.17) is 4.74 Å². The Morgan fingerprint density at radius 2 is 1.68 bits per heavy atom. The zero-order chi connectivity index (χ0) is 21.8. The van der Waals surface area contributed by atoms with Crippen LogP contribution in [0.1, 0.15) is 21.5 Å². The van der Waals surface area contributed by atoms with Crippen LogP contribution in [0.3, 0.4) is 0 Å². The number of hydrogen-bond acceptors (Lipinski definition) is 5. The minimum atomic E-state index is -0.303. The Hall–Kier alpha value is -4.00. The number of carbonyl (C=O) groups is 1. The highest BCUT2D eigenvalue weighted by atomic mass is 19.1. The van der Waals surface area contributed by atoms with E-state index in [1.807, 2.05) is 43.3 Å². The van der Waals surface area contributed by atoms with Crippen molar-refractivity contribution in [2.45, 2.75) is 13.5 Å². The van der Waals surface area contributed by atoms with Gasteiger partial charge in [0.05, 0.1) is 7.11 Å². The van der Waals surface area contributed by atoms with E-state index in [9.17, 15) is 9.18 Å². The van der Waals surface area contributed by atoms with Crippen LogP contribution in [-0.2, 0) is 6.54 Å². The first-order valence-electron chi connectivity index (χ1n) is 9.74. The minimum absolute atomic E-state index is 0.297. The average Bonchev–Trinajstić information content (AvgIpc) is 3.23. The molecule has 0 unspecified atom stereocenters. The fourth-order valence-corrected chi connectivity index (χ4v) is 3.03. The summed E-state index contributed by atoms with van der Waals surface area (Å²) >= 11 is 0. The summed E-state index contributed by atoms with van der Waals surface area (Å²) in [4.78, 5) is 17.7. The lowest BCUT2D eigenvalue weighted by molar-refractivity contribution is 0.0947. The van der Waals surface area contributed by atoms with E-state index >= 15 is 0 Å². The maximum Gasteiger partial charge on any atom is 0.281 e. The standard InChI is InChI=1S/C24H21FN4O2/c1-16-3-7-19(8-4-16)23(30)29-24(26-15-17-5-11-20(25)12-6-17)27-22(28-29)18-9-13-21(31-2)14-10-18/h3-14H,15H2,1-2H3,(H,26,27,28). The molecule has 0 aliphatic heterocycles. The van der Waals surface area contributed by atoms with Gasteiger partial charge < -0.3 is 10.1 Å². The van der Waals surface area contributed by atoms with Crippen LogP contribution >= 0.6 is 0 Å². The van der Waals surface area contributed by atoms with E-state index in [1.54, 1.807) is 31.4 Å². The normalized spacial score (nSPS) is 10.7. The number of methoxy groups -OCH3 is 1. The van der Waals surface area contributed by atoms with Crippen LogP contribution in [0.25, 0.3) is 11.4 Å². The van der Waals surface area contributed by atoms with Gasteiger partial charge in [0.2, 0.25) is 5.95 Å². The number of aromatic nitrogens is 3. The van der Waals surface area contributed by atoms with Gasteiger partial charge in [-0.1, -0.05) is 29.8 Å². The number of rotatable bonds is 6. The Morgan fingerprint density at radius 1 is 1.00 bits per heavy atom. The molecule has 4 aromatic rings. The van der Waals surface area contributed by atoms with Gasteiger partial charge in [-0.25, -0.2) is 4.39 Å². The lowest BCUT2D eigenvalue weighted by atomic mass is 10.1. The van der Waals surface area contributed by atoms with E-state index in [1.165, 1.54) is 16.8 Å². The van der Waals surface area contributed by atoms with Gasteiger partial charge in [-0.2, -0.15) is 9.67 Å². The molecule has 1 aromatic heterocycles. The maximum atomic E-state index is 13.2. The monoisotopic (exact) mass is 416 g/mol. The third-order valence-electron chi connectivity index (χ3n) is 4.81. The summed E-state index contributed by atoms with van der Waals surface area (Å²) in [6.45, 7) is 2.32. The second-order valence-electron chi connectivity index (χ2n) is 7.05. The Bertz CT molecular complexity index is 1180. The second-order valence-corrected chi connectivity index (χ2v) is 7.05. The number of benzene rings is 3. The molecule has 0 aliphatic rings. The Morgan fingerprint density at radius 3 is 2.32 bits per heavy atom.